The van der Waals surface area contributed by atoms with E-state index < -0.39 is 47.9 Å². The molecule has 0 aliphatic rings. The smallest absolute Gasteiger partial charge is 0.408 e. The van der Waals surface area contributed by atoms with Crippen LogP contribution in [0.5, 0.6) is 5.75 Å². The van der Waals surface area contributed by atoms with Gasteiger partial charge in [-0.2, -0.15) is 0 Å². The van der Waals surface area contributed by atoms with Crippen LogP contribution < -0.4 is 16.4 Å². The molecule has 0 saturated carbocycles. The SMILES string of the molecule is CCCC(C)NC(=O)C(c1ccccc1O)N(CC)C(=O)C(CC(N)=O)NC(=O)OC(C)(C)C. The lowest BCUT2D eigenvalue weighted by molar-refractivity contribution is -0.143. The summed E-state index contributed by atoms with van der Waals surface area (Å²) < 4.78 is 5.21. The number of aromatic hydroxyl groups is 1. The number of carbonyl (C=O) groups is 4. The molecule has 190 valence electrons. The summed E-state index contributed by atoms with van der Waals surface area (Å²) in [4.78, 5) is 52.1. The maximum Gasteiger partial charge on any atom is 0.408 e. The van der Waals surface area contributed by atoms with Crippen molar-refractivity contribution in [2.75, 3.05) is 6.54 Å². The molecule has 0 bridgehead atoms. The highest BCUT2D eigenvalue weighted by atomic mass is 16.6. The first-order valence-corrected chi connectivity index (χ1v) is 11.5. The molecule has 10 nitrogen and oxygen atoms in total. The van der Waals surface area contributed by atoms with Crippen LogP contribution in [0.15, 0.2) is 24.3 Å². The predicted molar refractivity (Wildman–Crippen MR) is 128 cm³/mol. The number of carbonyl (C=O) groups excluding carboxylic acids is 4. The zero-order valence-corrected chi connectivity index (χ0v) is 20.9. The third kappa shape index (κ3) is 8.92. The van der Waals surface area contributed by atoms with Gasteiger partial charge in [0.15, 0.2) is 0 Å². The van der Waals surface area contributed by atoms with Gasteiger partial charge in [-0.3, -0.25) is 14.4 Å². The minimum Gasteiger partial charge on any atom is -0.508 e. The molecule has 3 unspecified atom stereocenters. The van der Waals surface area contributed by atoms with Gasteiger partial charge in [-0.1, -0.05) is 31.5 Å². The highest BCUT2D eigenvalue weighted by Crippen LogP contribution is 2.30. The van der Waals surface area contributed by atoms with Gasteiger partial charge in [0.05, 0.1) is 6.42 Å². The van der Waals surface area contributed by atoms with E-state index in [-0.39, 0.29) is 23.9 Å². The van der Waals surface area contributed by atoms with Crippen LogP contribution in [0.4, 0.5) is 4.79 Å². The third-order valence-corrected chi connectivity index (χ3v) is 4.92. The van der Waals surface area contributed by atoms with E-state index >= 15 is 0 Å². The number of phenols is 1. The second kappa shape index (κ2) is 12.8. The zero-order chi connectivity index (χ0) is 26.1. The number of likely N-dealkylation sites (N-methyl/N-ethyl adjacent to an activating group) is 1. The number of hydrogen-bond acceptors (Lipinski definition) is 6. The largest absolute Gasteiger partial charge is 0.508 e. The summed E-state index contributed by atoms with van der Waals surface area (Å²) in [7, 11) is 0. The molecule has 1 aromatic carbocycles. The molecule has 3 atom stereocenters. The standard InChI is InChI=1S/C24H38N4O6/c1-7-11-15(3)26-21(31)20(16-12-9-10-13-18(16)29)28(8-2)22(32)17(14-19(25)30)27-23(33)34-24(4,5)6/h9-10,12-13,15,17,20,29H,7-8,11,14H2,1-6H3,(H2,25,30)(H,26,31)(H,27,33). The Hall–Kier alpha value is -3.30. The van der Waals surface area contributed by atoms with E-state index in [0.717, 1.165) is 12.8 Å². The lowest BCUT2D eigenvalue weighted by Gasteiger charge is -2.34. The van der Waals surface area contributed by atoms with Crippen LogP contribution in [0, 0.1) is 0 Å². The lowest BCUT2D eigenvalue weighted by atomic mass is 10.0. The summed E-state index contributed by atoms with van der Waals surface area (Å²) in [6.07, 6.45) is 0.183. The van der Waals surface area contributed by atoms with Crippen LogP contribution in [-0.2, 0) is 19.1 Å². The number of nitrogens with one attached hydrogen (secondary N) is 2. The van der Waals surface area contributed by atoms with Crippen LogP contribution in [0.1, 0.15) is 72.4 Å². The Labute approximate surface area is 201 Å². The molecule has 0 aliphatic heterocycles. The Balaban J connectivity index is 3.38. The lowest BCUT2D eigenvalue weighted by Crippen LogP contribution is -2.54. The Kier molecular flexibility index (Phi) is 10.8. The van der Waals surface area contributed by atoms with Crippen LogP contribution in [-0.4, -0.2) is 58.1 Å². The molecule has 0 aliphatic carbocycles. The molecule has 1 rings (SSSR count). The minimum absolute atomic E-state index is 0.0542. The van der Waals surface area contributed by atoms with Crippen molar-refractivity contribution in [3.8, 4) is 5.75 Å². The number of nitrogens with two attached hydrogens (primary N) is 1. The molecular formula is C24H38N4O6. The van der Waals surface area contributed by atoms with Gasteiger partial charge in [-0.05, 0) is 47.1 Å². The highest BCUT2D eigenvalue weighted by Gasteiger charge is 2.37. The van der Waals surface area contributed by atoms with Gasteiger partial charge in [-0.25, -0.2) is 4.79 Å². The number of ether oxygens (including phenoxy) is 1. The van der Waals surface area contributed by atoms with Crippen molar-refractivity contribution in [1.82, 2.24) is 15.5 Å². The number of phenolic OH excluding ortho intramolecular Hbond substituents is 1. The van der Waals surface area contributed by atoms with Crippen LogP contribution in [0.3, 0.4) is 0 Å². The Morgan fingerprint density at radius 1 is 1.12 bits per heavy atom. The molecule has 10 heteroatoms. The molecule has 4 amide bonds. The van der Waals surface area contributed by atoms with Crippen LogP contribution in [0.25, 0.3) is 0 Å². The maximum atomic E-state index is 13.5. The number of para-hydroxylation sites is 1. The van der Waals surface area contributed by atoms with Crippen molar-refractivity contribution in [2.24, 2.45) is 5.73 Å². The van der Waals surface area contributed by atoms with Crippen molar-refractivity contribution in [3.63, 3.8) is 0 Å². The Morgan fingerprint density at radius 2 is 1.74 bits per heavy atom. The Bertz CT molecular complexity index is 867. The molecule has 34 heavy (non-hydrogen) atoms. The van der Waals surface area contributed by atoms with E-state index in [1.807, 2.05) is 13.8 Å². The van der Waals surface area contributed by atoms with E-state index in [1.54, 1.807) is 45.9 Å². The summed E-state index contributed by atoms with van der Waals surface area (Å²) >= 11 is 0. The monoisotopic (exact) mass is 478 g/mol. The van der Waals surface area contributed by atoms with Gasteiger partial charge in [0.25, 0.3) is 0 Å². The van der Waals surface area contributed by atoms with E-state index in [1.165, 1.54) is 11.0 Å². The predicted octanol–water partition coefficient (Wildman–Crippen LogP) is 2.36. The zero-order valence-electron chi connectivity index (χ0n) is 20.9. The summed E-state index contributed by atoms with van der Waals surface area (Å²) in [5.41, 5.74) is 4.71. The number of nitrogens with zero attached hydrogens (tertiary/aromatic N) is 1. The van der Waals surface area contributed by atoms with Crippen molar-refractivity contribution in [3.05, 3.63) is 29.8 Å². The van der Waals surface area contributed by atoms with E-state index in [0.29, 0.717) is 0 Å². The van der Waals surface area contributed by atoms with Crippen LogP contribution in [0.2, 0.25) is 0 Å². The molecule has 0 saturated heterocycles. The quantitative estimate of drug-likeness (QED) is 0.383. The molecular weight excluding hydrogens is 440 g/mol. The summed E-state index contributed by atoms with van der Waals surface area (Å²) in [5, 5.41) is 15.7. The van der Waals surface area contributed by atoms with Crippen LogP contribution >= 0.6 is 0 Å². The first kappa shape index (κ1) is 28.7. The second-order valence-corrected chi connectivity index (χ2v) is 9.15. The number of rotatable bonds is 11. The van der Waals surface area contributed by atoms with Crippen molar-refractivity contribution < 1.29 is 29.0 Å². The average molecular weight is 479 g/mol. The normalized spacial score (nSPS) is 13.8. The first-order chi connectivity index (χ1) is 15.8. The number of primary amides is 1. The minimum atomic E-state index is -1.36. The number of hydrogen-bond donors (Lipinski definition) is 4. The second-order valence-electron chi connectivity index (χ2n) is 9.15. The third-order valence-electron chi connectivity index (χ3n) is 4.92. The van der Waals surface area contributed by atoms with Gasteiger partial charge in [0.1, 0.15) is 23.4 Å². The maximum absolute atomic E-state index is 13.5. The van der Waals surface area contributed by atoms with E-state index in [9.17, 15) is 24.3 Å². The summed E-state index contributed by atoms with van der Waals surface area (Å²) in [5.74, 6) is -2.18. The van der Waals surface area contributed by atoms with E-state index in [4.69, 9.17) is 10.5 Å². The van der Waals surface area contributed by atoms with Gasteiger partial charge in [0, 0.05) is 18.2 Å². The molecule has 0 radical (unpaired) electrons. The number of benzene rings is 1. The molecule has 0 heterocycles. The molecule has 0 aromatic heterocycles. The summed E-state index contributed by atoms with van der Waals surface area (Å²) in [6, 6.07) is 3.48. The van der Waals surface area contributed by atoms with Crippen molar-refractivity contribution in [1.29, 1.82) is 0 Å². The number of amides is 4. The van der Waals surface area contributed by atoms with Crippen molar-refractivity contribution >= 4 is 23.8 Å². The fraction of sp³-hybridized carbons (Fsp3) is 0.583. The first-order valence-electron chi connectivity index (χ1n) is 11.5. The molecule has 5 N–H and O–H groups in total. The molecule has 0 spiro atoms. The fourth-order valence-corrected chi connectivity index (χ4v) is 3.51. The van der Waals surface area contributed by atoms with Gasteiger partial charge in [-0.15, -0.1) is 0 Å². The highest BCUT2D eigenvalue weighted by molar-refractivity contribution is 5.94. The average Bonchev–Trinajstić information content (AvgIpc) is 2.70. The molecule has 1 aromatic rings. The fourth-order valence-electron chi connectivity index (χ4n) is 3.51. The van der Waals surface area contributed by atoms with E-state index in [2.05, 4.69) is 10.6 Å². The Morgan fingerprint density at radius 3 is 2.24 bits per heavy atom. The van der Waals surface area contributed by atoms with Gasteiger partial charge < -0.3 is 31.1 Å². The van der Waals surface area contributed by atoms with Crippen molar-refractivity contribution in [2.45, 2.75) is 84.5 Å². The van der Waals surface area contributed by atoms with Gasteiger partial charge in [0.2, 0.25) is 17.7 Å². The number of alkyl carbamates (subject to hydrolysis) is 1. The topological polar surface area (TPSA) is 151 Å². The van der Waals surface area contributed by atoms with Gasteiger partial charge >= 0.3 is 6.09 Å². The summed E-state index contributed by atoms with van der Waals surface area (Å²) in [6.45, 7) is 10.5. The molecule has 0 fully saturated rings.